The maximum absolute atomic E-state index is 9.95. The molecule has 210 valence electrons. The fourth-order valence-electron chi connectivity index (χ4n) is 0.173. The second-order valence-corrected chi connectivity index (χ2v) is 4.12. The molecule has 0 aliphatic carbocycles. The molecule has 0 radical (unpaired) electrons. The first-order chi connectivity index (χ1) is 16.9. The van der Waals surface area contributed by atoms with Crippen LogP contribution in [-0.4, -0.2) is 79.2 Å². The van der Waals surface area contributed by atoms with Gasteiger partial charge in [0.25, 0.3) is 0 Å². The van der Waals surface area contributed by atoms with E-state index in [2.05, 4.69) is 50.1 Å². The van der Waals surface area contributed by atoms with Crippen LogP contribution in [0.5, 0.6) is 0 Å². The molecule has 0 fully saturated rings. The number of carbonyl (C=O) groups excluding carboxylic acids is 1. The van der Waals surface area contributed by atoms with Crippen molar-refractivity contribution in [1.82, 2.24) is 5.43 Å². The lowest BCUT2D eigenvalue weighted by atomic mass is 10.7. The number of nitrogens with two attached hydrogens (primary N) is 1. The van der Waals surface area contributed by atoms with Crippen LogP contribution in [0.1, 0.15) is 6.92 Å². The largest absolute Gasteiger partial charge is 0.478 e. The number of carboxylic acid groups (broad SMARTS) is 6. The Kier molecular flexibility index (Phi) is 58.3. The van der Waals surface area contributed by atoms with Crippen LogP contribution in [0.15, 0.2) is 75.9 Å². The first-order valence-electron chi connectivity index (χ1n) is 8.69. The van der Waals surface area contributed by atoms with E-state index < -0.39 is 41.9 Å². The summed E-state index contributed by atoms with van der Waals surface area (Å²) in [5.74, 6) is -1.26. The lowest BCUT2D eigenvalue weighted by Crippen LogP contribution is -2.30. The number of rotatable bonds is 7. The van der Waals surface area contributed by atoms with Gasteiger partial charge >= 0.3 is 41.9 Å². The standard InChI is InChI=1S/C3H8N2O2.6C3H4O2/c1-2-7-3(6)5-4;6*1-2-3(4)5/h2,4H2,1H3,(H,5,6);6*2H,1H2,(H,4,5). The van der Waals surface area contributed by atoms with Gasteiger partial charge in [-0.15, -0.1) is 0 Å². The Morgan fingerprint density at radius 3 is 0.730 bits per heavy atom. The summed E-state index contributed by atoms with van der Waals surface area (Å²) in [6, 6.07) is 0. The van der Waals surface area contributed by atoms with E-state index in [0.717, 1.165) is 36.5 Å². The lowest BCUT2D eigenvalue weighted by molar-refractivity contribution is -0.132. The fourth-order valence-corrected chi connectivity index (χ4v) is 0.173. The Labute approximate surface area is 212 Å². The van der Waals surface area contributed by atoms with Gasteiger partial charge in [0.05, 0.1) is 6.61 Å². The zero-order valence-electron chi connectivity index (χ0n) is 19.9. The van der Waals surface area contributed by atoms with E-state index in [-0.39, 0.29) is 0 Å². The van der Waals surface area contributed by atoms with Crippen LogP contribution in [0, 0.1) is 0 Å². The van der Waals surface area contributed by atoms with Crippen LogP contribution in [0.25, 0.3) is 0 Å². The number of aliphatic carboxylic acids is 6. The minimum absolute atomic E-state index is 0.350. The van der Waals surface area contributed by atoms with Crippen LogP contribution < -0.4 is 11.3 Å². The number of carbonyl (C=O) groups is 7. The molecule has 0 aliphatic heterocycles. The zero-order chi connectivity index (χ0) is 31.4. The van der Waals surface area contributed by atoms with E-state index in [1.54, 1.807) is 12.3 Å². The normalized spacial score (nSPS) is 6.65. The average Bonchev–Trinajstić information content (AvgIpc) is 2.85. The number of ether oxygens (including phenoxy) is 1. The number of hydrazine groups is 1. The predicted octanol–water partition coefficient (Wildman–Crippen LogP) is 1.15. The Bertz CT molecular complexity index is 619. The molecule has 9 N–H and O–H groups in total. The molecule has 1 amide bonds. The number of carboxylic acids is 6. The third-order valence-electron chi connectivity index (χ3n) is 1.44. The van der Waals surface area contributed by atoms with Crippen LogP contribution in [0.4, 0.5) is 4.79 Å². The van der Waals surface area contributed by atoms with Crippen molar-refractivity contribution in [1.29, 1.82) is 0 Å². The number of nitrogens with one attached hydrogen (secondary N) is 1. The summed E-state index contributed by atoms with van der Waals surface area (Å²) in [4.78, 5) is 65.5. The van der Waals surface area contributed by atoms with Gasteiger partial charge in [-0.05, 0) is 6.92 Å². The van der Waals surface area contributed by atoms with Gasteiger partial charge in [-0.2, -0.15) is 0 Å². The van der Waals surface area contributed by atoms with Crippen LogP contribution in [-0.2, 0) is 33.5 Å². The van der Waals surface area contributed by atoms with Gasteiger partial charge < -0.3 is 35.4 Å². The molecule has 0 unspecified atom stereocenters. The van der Waals surface area contributed by atoms with Crippen molar-refractivity contribution in [3.63, 3.8) is 0 Å². The highest BCUT2D eigenvalue weighted by Gasteiger charge is 1.90. The van der Waals surface area contributed by atoms with Gasteiger partial charge in [-0.25, -0.2) is 39.4 Å². The third-order valence-corrected chi connectivity index (χ3v) is 1.44. The minimum atomic E-state index is -0.981. The van der Waals surface area contributed by atoms with Gasteiger partial charge in [-0.3, -0.25) is 5.43 Å². The maximum Gasteiger partial charge on any atom is 0.421 e. The molecule has 37 heavy (non-hydrogen) atoms. The average molecular weight is 536 g/mol. The molecule has 16 heteroatoms. The van der Waals surface area contributed by atoms with Gasteiger partial charge in [0.1, 0.15) is 0 Å². The van der Waals surface area contributed by atoms with Crippen molar-refractivity contribution >= 4 is 41.9 Å². The minimum Gasteiger partial charge on any atom is -0.478 e. The summed E-state index contributed by atoms with van der Waals surface area (Å²) in [6.45, 7) is 19.8. The van der Waals surface area contributed by atoms with E-state index in [1.807, 2.05) is 0 Å². The first-order valence-corrected chi connectivity index (χ1v) is 8.69. The molecule has 0 aliphatic rings. The summed E-state index contributed by atoms with van der Waals surface area (Å²) < 4.78 is 4.32. The van der Waals surface area contributed by atoms with Crippen molar-refractivity contribution in [3.8, 4) is 0 Å². The predicted molar refractivity (Wildman–Crippen MR) is 131 cm³/mol. The number of amides is 1. The summed E-state index contributed by atoms with van der Waals surface area (Å²) in [5.41, 5.74) is 1.80. The van der Waals surface area contributed by atoms with E-state index in [0.29, 0.717) is 6.61 Å². The van der Waals surface area contributed by atoms with E-state index in [4.69, 9.17) is 30.6 Å². The highest BCUT2D eigenvalue weighted by Crippen LogP contribution is 1.69. The zero-order valence-corrected chi connectivity index (χ0v) is 19.9. The van der Waals surface area contributed by atoms with E-state index in [1.165, 1.54) is 0 Å². The Balaban J connectivity index is -0.0000000570. The summed E-state index contributed by atoms with van der Waals surface area (Å²) in [6.07, 6.45) is 4.41. The Morgan fingerprint density at radius 1 is 0.568 bits per heavy atom. The van der Waals surface area contributed by atoms with Crippen molar-refractivity contribution in [2.75, 3.05) is 6.61 Å². The molecule has 16 nitrogen and oxygen atoms in total. The first kappa shape index (κ1) is 48.8. The topological polar surface area (TPSA) is 288 Å². The number of hydrogen-bond donors (Lipinski definition) is 8. The highest BCUT2D eigenvalue weighted by atomic mass is 16.5. The molecular formula is C21H32N2O14. The molecule has 0 rings (SSSR count). The summed E-state index contributed by atoms with van der Waals surface area (Å²) in [5, 5.41) is 45.6. The van der Waals surface area contributed by atoms with Crippen molar-refractivity contribution in [2.45, 2.75) is 6.92 Å². The highest BCUT2D eigenvalue weighted by molar-refractivity contribution is 5.80. The van der Waals surface area contributed by atoms with Gasteiger partial charge in [0.15, 0.2) is 0 Å². The molecule has 0 aromatic heterocycles. The lowest BCUT2D eigenvalue weighted by Gasteiger charge is -1.95. The summed E-state index contributed by atoms with van der Waals surface area (Å²) >= 11 is 0. The third kappa shape index (κ3) is 187. The summed E-state index contributed by atoms with van der Waals surface area (Å²) in [7, 11) is 0. The Morgan fingerprint density at radius 2 is 0.703 bits per heavy atom. The molecular weight excluding hydrogens is 504 g/mol. The maximum atomic E-state index is 9.95. The molecule has 0 atom stereocenters. The van der Waals surface area contributed by atoms with Gasteiger partial charge in [0.2, 0.25) is 0 Å². The van der Waals surface area contributed by atoms with Crippen molar-refractivity contribution in [2.24, 2.45) is 5.84 Å². The fraction of sp³-hybridized carbons (Fsp3) is 0.0952. The number of hydrogen-bond acceptors (Lipinski definition) is 9. The SMILES string of the molecule is C=CC(=O)O.C=CC(=O)O.C=CC(=O)O.C=CC(=O)O.C=CC(=O)O.C=CC(=O)O.CCOC(=O)NN. The van der Waals surface area contributed by atoms with Crippen molar-refractivity contribution < 1.29 is 68.9 Å². The van der Waals surface area contributed by atoms with Crippen LogP contribution in [0.2, 0.25) is 0 Å². The second-order valence-electron chi connectivity index (χ2n) is 4.12. The molecule has 0 spiro atoms. The molecule has 0 heterocycles. The smallest absolute Gasteiger partial charge is 0.421 e. The van der Waals surface area contributed by atoms with Crippen molar-refractivity contribution in [3.05, 3.63) is 75.9 Å². The second kappa shape index (κ2) is 44.2. The van der Waals surface area contributed by atoms with Crippen LogP contribution in [0.3, 0.4) is 0 Å². The van der Waals surface area contributed by atoms with Gasteiger partial charge in [0, 0.05) is 36.5 Å². The molecule has 0 aromatic rings. The monoisotopic (exact) mass is 536 g/mol. The van der Waals surface area contributed by atoms with Crippen LogP contribution >= 0.6 is 0 Å². The van der Waals surface area contributed by atoms with E-state index in [9.17, 15) is 33.6 Å². The molecule has 0 saturated heterocycles. The van der Waals surface area contributed by atoms with Gasteiger partial charge in [-0.1, -0.05) is 39.5 Å². The molecule has 0 aromatic carbocycles. The Hall–Kier alpha value is -5.51. The molecule has 0 bridgehead atoms. The molecule has 0 saturated carbocycles. The van der Waals surface area contributed by atoms with E-state index >= 15 is 0 Å². The quantitative estimate of drug-likeness (QED) is 0.0979.